The fourth-order valence-electron chi connectivity index (χ4n) is 1.60. The van der Waals surface area contributed by atoms with Crippen molar-refractivity contribution in [3.8, 4) is 0 Å². The topological polar surface area (TPSA) is 0 Å². The molecule has 0 nitrogen and oxygen atoms in total. The molecule has 0 amide bonds. The maximum Gasteiger partial charge on any atom is -0.0244 e. The second kappa shape index (κ2) is 9.48. The molecule has 0 spiro atoms. The molecular weight excluding hydrogens is 192 g/mol. The van der Waals surface area contributed by atoms with Gasteiger partial charge < -0.3 is 0 Å². The number of allylic oxidation sites excluding steroid dienone is 3. The molecule has 0 aromatic heterocycles. The summed E-state index contributed by atoms with van der Waals surface area (Å²) in [4.78, 5) is 0. The zero-order valence-corrected chi connectivity index (χ0v) is 11.7. The molecule has 0 rings (SSSR count). The van der Waals surface area contributed by atoms with Crippen LogP contribution in [0.5, 0.6) is 0 Å². The van der Waals surface area contributed by atoms with Gasteiger partial charge in [0.1, 0.15) is 0 Å². The van der Waals surface area contributed by atoms with Gasteiger partial charge in [-0.1, -0.05) is 32.9 Å². The van der Waals surface area contributed by atoms with Gasteiger partial charge in [0.15, 0.2) is 0 Å². The van der Waals surface area contributed by atoms with Crippen molar-refractivity contribution in [1.82, 2.24) is 0 Å². The van der Waals surface area contributed by atoms with Crippen LogP contribution in [0.15, 0.2) is 29.5 Å². The van der Waals surface area contributed by atoms with Crippen LogP contribution in [-0.2, 0) is 0 Å². The van der Waals surface area contributed by atoms with E-state index in [4.69, 9.17) is 0 Å². The molecule has 0 aliphatic carbocycles. The highest BCUT2D eigenvalue weighted by Gasteiger charge is 1.99. The molecule has 0 aliphatic heterocycles. The van der Waals surface area contributed by atoms with E-state index in [0.717, 1.165) is 11.8 Å². The van der Waals surface area contributed by atoms with Gasteiger partial charge in [0.2, 0.25) is 0 Å². The highest BCUT2D eigenvalue weighted by molar-refractivity contribution is 4.97. The Bertz CT molecular complexity index is 249. The second-order valence-corrected chi connectivity index (χ2v) is 5.19. The summed E-state index contributed by atoms with van der Waals surface area (Å²) in [6, 6.07) is 0. The van der Waals surface area contributed by atoms with Gasteiger partial charge in [0.05, 0.1) is 0 Å². The van der Waals surface area contributed by atoms with Gasteiger partial charge >= 0.3 is 0 Å². The van der Waals surface area contributed by atoms with Gasteiger partial charge in [-0.05, 0) is 63.0 Å². The number of rotatable bonds is 7. The predicted octanol–water partition coefficient (Wildman–Crippen LogP) is 5.52. The van der Waals surface area contributed by atoms with Crippen molar-refractivity contribution < 1.29 is 0 Å². The zero-order chi connectivity index (χ0) is 12.4. The summed E-state index contributed by atoms with van der Waals surface area (Å²) in [6.45, 7) is 11.1. The van der Waals surface area contributed by atoms with E-state index in [1.165, 1.54) is 31.3 Å². The zero-order valence-electron chi connectivity index (χ0n) is 11.7. The summed E-state index contributed by atoms with van der Waals surface area (Å²) >= 11 is 0. The first-order valence-electron chi connectivity index (χ1n) is 6.58. The van der Waals surface area contributed by atoms with Crippen LogP contribution in [0.25, 0.3) is 0 Å². The third-order valence-electron chi connectivity index (χ3n) is 2.72. The van der Waals surface area contributed by atoms with Crippen molar-refractivity contribution in [1.29, 1.82) is 0 Å². The van der Waals surface area contributed by atoms with E-state index in [9.17, 15) is 0 Å². The molecule has 0 fully saturated rings. The van der Waals surface area contributed by atoms with Crippen LogP contribution in [-0.4, -0.2) is 0 Å². The number of hydrogen-bond acceptors (Lipinski definition) is 0. The lowest BCUT2D eigenvalue weighted by molar-refractivity contribution is 0.537. The van der Waals surface area contributed by atoms with Crippen molar-refractivity contribution in [2.24, 2.45) is 11.8 Å². The lowest BCUT2D eigenvalue weighted by atomic mass is 9.98. The molecule has 0 saturated carbocycles. The second-order valence-electron chi connectivity index (χ2n) is 5.19. The first-order valence-corrected chi connectivity index (χ1v) is 6.58. The molecule has 0 radical (unpaired) electrons. The normalized spacial score (nSPS) is 12.9. The van der Waals surface area contributed by atoms with Crippen LogP contribution in [0.1, 0.15) is 60.3 Å². The van der Waals surface area contributed by atoms with E-state index in [1.54, 1.807) is 0 Å². The molecule has 16 heavy (non-hydrogen) atoms. The molecule has 0 aromatic rings. The molecule has 0 heterocycles. The quantitative estimate of drug-likeness (QED) is 0.391. The Labute approximate surface area is 102 Å². The van der Waals surface area contributed by atoms with Crippen molar-refractivity contribution in [3.05, 3.63) is 29.5 Å². The maximum absolute atomic E-state index is 3.26. The Kier molecular flexibility index (Phi) is 9.04. The van der Waals surface area contributed by atoms with Crippen molar-refractivity contribution in [2.45, 2.75) is 60.3 Å². The summed E-state index contributed by atoms with van der Waals surface area (Å²) in [7, 11) is 0. The van der Waals surface area contributed by atoms with Gasteiger partial charge in [0.25, 0.3) is 0 Å². The van der Waals surface area contributed by atoms with Crippen LogP contribution in [0.2, 0.25) is 0 Å². The minimum Gasteiger partial charge on any atom is -0.127 e. The van der Waals surface area contributed by atoms with Gasteiger partial charge in [-0.2, -0.15) is 0 Å². The Morgan fingerprint density at radius 1 is 1.12 bits per heavy atom. The summed E-state index contributed by atoms with van der Waals surface area (Å²) < 4.78 is 0. The largest absolute Gasteiger partial charge is 0.127 e. The first kappa shape index (κ1) is 15.3. The molecular formula is C16H28. The van der Waals surface area contributed by atoms with Crippen molar-refractivity contribution in [2.75, 3.05) is 0 Å². The minimum absolute atomic E-state index is 0.784. The molecule has 92 valence electrons. The van der Waals surface area contributed by atoms with Crippen LogP contribution in [0.4, 0.5) is 0 Å². The van der Waals surface area contributed by atoms with Crippen molar-refractivity contribution in [3.63, 3.8) is 0 Å². The Morgan fingerprint density at radius 3 is 2.31 bits per heavy atom. The number of hydrogen-bond donors (Lipinski definition) is 0. The van der Waals surface area contributed by atoms with E-state index in [1.807, 2.05) is 13.0 Å². The SMILES string of the molecule is CC=C=C(C)CCC(C)CC=CCC(C)C. The molecule has 0 aliphatic rings. The lowest BCUT2D eigenvalue weighted by Gasteiger charge is -2.07. The van der Waals surface area contributed by atoms with E-state index >= 15 is 0 Å². The molecule has 0 bridgehead atoms. The van der Waals surface area contributed by atoms with Crippen LogP contribution >= 0.6 is 0 Å². The monoisotopic (exact) mass is 220 g/mol. The average Bonchev–Trinajstić information content (AvgIpc) is 2.22. The van der Waals surface area contributed by atoms with Gasteiger partial charge in [-0.25, -0.2) is 0 Å². The van der Waals surface area contributed by atoms with Gasteiger partial charge in [-0.3, -0.25) is 0 Å². The van der Waals surface area contributed by atoms with E-state index in [2.05, 4.69) is 45.6 Å². The Morgan fingerprint density at radius 2 is 1.75 bits per heavy atom. The van der Waals surface area contributed by atoms with Crippen molar-refractivity contribution >= 4 is 0 Å². The van der Waals surface area contributed by atoms with Gasteiger partial charge in [0, 0.05) is 0 Å². The maximum atomic E-state index is 3.26. The summed E-state index contributed by atoms with van der Waals surface area (Å²) in [5, 5.41) is 0. The van der Waals surface area contributed by atoms with E-state index < -0.39 is 0 Å². The fourth-order valence-corrected chi connectivity index (χ4v) is 1.60. The van der Waals surface area contributed by atoms with Crippen LogP contribution in [0.3, 0.4) is 0 Å². The fraction of sp³-hybridized carbons (Fsp3) is 0.688. The van der Waals surface area contributed by atoms with Gasteiger partial charge in [-0.15, -0.1) is 5.73 Å². The standard InChI is InChI=1S/C16H28/c1-6-9-15(4)12-13-16(5)11-8-7-10-14(2)3/h6-8,14,16H,10-13H2,1-5H3. The highest BCUT2D eigenvalue weighted by atomic mass is 14.0. The Hall–Kier alpha value is -0.740. The Balaban J connectivity index is 3.71. The summed E-state index contributed by atoms with van der Waals surface area (Å²) in [5.74, 6) is 1.57. The van der Waals surface area contributed by atoms with E-state index in [-0.39, 0.29) is 0 Å². The van der Waals surface area contributed by atoms with Crippen LogP contribution in [0, 0.1) is 11.8 Å². The third-order valence-corrected chi connectivity index (χ3v) is 2.72. The average molecular weight is 220 g/mol. The first-order chi connectivity index (χ1) is 7.56. The lowest BCUT2D eigenvalue weighted by Crippen LogP contribution is -1.93. The summed E-state index contributed by atoms with van der Waals surface area (Å²) in [5.41, 5.74) is 4.63. The smallest absolute Gasteiger partial charge is 0.0244 e. The highest BCUT2D eigenvalue weighted by Crippen LogP contribution is 2.15. The molecule has 0 saturated heterocycles. The van der Waals surface area contributed by atoms with Crippen LogP contribution < -0.4 is 0 Å². The summed E-state index contributed by atoms with van der Waals surface area (Å²) in [6.07, 6.45) is 11.6. The molecule has 0 heteroatoms. The predicted molar refractivity (Wildman–Crippen MR) is 74.6 cm³/mol. The minimum atomic E-state index is 0.784. The van der Waals surface area contributed by atoms with E-state index in [0.29, 0.717) is 0 Å². The molecule has 0 N–H and O–H groups in total. The molecule has 0 aromatic carbocycles. The molecule has 1 atom stereocenters. The third kappa shape index (κ3) is 9.80. The molecule has 1 unspecified atom stereocenters.